The average Bonchev–Trinajstić information content (AvgIpc) is 1.65. The van der Waals surface area contributed by atoms with Crippen LogP contribution >= 0.6 is 22.8 Å². The first kappa shape index (κ1) is 17.4. The van der Waals surface area contributed by atoms with Crippen LogP contribution in [0.25, 0.3) is 0 Å². The molecule has 0 amide bonds. The van der Waals surface area contributed by atoms with E-state index in [-0.39, 0.29) is 0 Å². The lowest BCUT2D eigenvalue weighted by Gasteiger charge is -2.29. The van der Waals surface area contributed by atoms with E-state index in [1.807, 2.05) is 0 Å². The standard InChI is InChI=1S/C4H14NO9P3/c5-4(1-15(6,7)8,2-16(9,10)11)3-17(12,13)14/h1-3,5H2,(H2,6,7,8)(H2,9,10,11)(H2,12,13,14). The lowest BCUT2D eigenvalue weighted by Crippen LogP contribution is -2.50. The van der Waals surface area contributed by atoms with Crippen LogP contribution in [0.1, 0.15) is 0 Å². The van der Waals surface area contributed by atoms with E-state index in [2.05, 4.69) is 0 Å². The predicted octanol–water partition coefficient (Wildman–Crippen LogP) is -1.78. The van der Waals surface area contributed by atoms with Crippen LogP contribution in [0.5, 0.6) is 0 Å². The van der Waals surface area contributed by atoms with Crippen LogP contribution in [0.2, 0.25) is 0 Å². The summed E-state index contributed by atoms with van der Waals surface area (Å²) in [5.74, 6) is 0. The quantitative estimate of drug-likeness (QED) is 0.275. The van der Waals surface area contributed by atoms with E-state index in [4.69, 9.17) is 35.1 Å². The molecule has 0 atom stereocenters. The van der Waals surface area contributed by atoms with Gasteiger partial charge in [0.1, 0.15) is 0 Å². The lowest BCUT2D eigenvalue weighted by atomic mass is 10.1. The third kappa shape index (κ3) is 10.1. The molecule has 0 heterocycles. The molecule has 0 aliphatic heterocycles. The maximum Gasteiger partial charge on any atom is 0.327 e. The summed E-state index contributed by atoms with van der Waals surface area (Å²) in [7, 11) is -14.3. The molecule has 0 spiro atoms. The molecule has 0 radical (unpaired) electrons. The van der Waals surface area contributed by atoms with Gasteiger partial charge in [-0.1, -0.05) is 0 Å². The van der Waals surface area contributed by atoms with E-state index in [1.54, 1.807) is 0 Å². The Balaban J connectivity index is 5.15. The van der Waals surface area contributed by atoms with Crippen LogP contribution in [0, 0.1) is 0 Å². The van der Waals surface area contributed by atoms with Gasteiger partial charge in [-0.3, -0.25) is 13.7 Å². The third-order valence-corrected chi connectivity index (χ3v) is 4.69. The summed E-state index contributed by atoms with van der Waals surface area (Å²) >= 11 is 0. The summed E-state index contributed by atoms with van der Waals surface area (Å²) in [5.41, 5.74) is 2.94. The highest BCUT2D eigenvalue weighted by molar-refractivity contribution is 7.54. The molecule has 10 nitrogen and oxygen atoms in total. The molecule has 0 bridgehead atoms. The summed E-state index contributed by atoms with van der Waals surface area (Å²) < 4.78 is 32.2. The Morgan fingerprint density at radius 3 is 1.00 bits per heavy atom. The zero-order valence-electron chi connectivity index (χ0n) is 8.45. The van der Waals surface area contributed by atoms with Crippen molar-refractivity contribution in [3.05, 3.63) is 0 Å². The Kier molecular flexibility index (Phi) is 5.31. The Bertz CT molecular complexity index is 343. The van der Waals surface area contributed by atoms with Gasteiger partial charge >= 0.3 is 22.8 Å². The molecule has 17 heavy (non-hydrogen) atoms. The highest BCUT2D eigenvalue weighted by Gasteiger charge is 2.43. The molecule has 0 saturated heterocycles. The number of hydrogen-bond acceptors (Lipinski definition) is 4. The van der Waals surface area contributed by atoms with Crippen LogP contribution in [-0.4, -0.2) is 53.4 Å². The second kappa shape index (κ2) is 5.19. The zero-order chi connectivity index (χ0) is 14.1. The van der Waals surface area contributed by atoms with Crippen molar-refractivity contribution in [3.8, 4) is 0 Å². The van der Waals surface area contributed by atoms with E-state index >= 15 is 0 Å². The Morgan fingerprint density at radius 2 is 0.882 bits per heavy atom. The maximum absolute atomic E-state index is 10.7. The summed E-state index contributed by atoms with van der Waals surface area (Å²) in [6.07, 6.45) is -3.68. The molecule has 0 fully saturated rings. The number of nitrogens with two attached hydrogens (primary N) is 1. The molecular weight excluding hydrogens is 299 g/mol. The van der Waals surface area contributed by atoms with Crippen LogP contribution in [-0.2, 0) is 13.7 Å². The second-order valence-electron chi connectivity index (χ2n) is 3.83. The molecule has 0 aliphatic carbocycles. The highest BCUT2D eigenvalue weighted by Crippen LogP contribution is 2.49. The van der Waals surface area contributed by atoms with E-state index in [9.17, 15) is 13.7 Å². The van der Waals surface area contributed by atoms with Gasteiger partial charge in [0.05, 0.1) is 18.5 Å². The molecule has 0 aliphatic rings. The van der Waals surface area contributed by atoms with Crippen molar-refractivity contribution >= 4 is 22.8 Å². The zero-order valence-corrected chi connectivity index (χ0v) is 11.1. The van der Waals surface area contributed by atoms with Crippen LogP contribution < -0.4 is 5.73 Å². The van der Waals surface area contributed by atoms with E-state index in [1.165, 1.54) is 0 Å². The van der Waals surface area contributed by atoms with Crippen LogP contribution in [0.3, 0.4) is 0 Å². The summed E-state index contributed by atoms with van der Waals surface area (Å²) in [6.45, 7) is 0. The molecule has 0 unspecified atom stereocenters. The van der Waals surface area contributed by atoms with Crippen molar-refractivity contribution < 1.29 is 43.1 Å². The minimum Gasteiger partial charge on any atom is -0.324 e. The van der Waals surface area contributed by atoms with E-state index in [0.29, 0.717) is 0 Å². The molecule has 0 saturated carbocycles. The van der Waals surface area contributed by atoms with Crippen molar-refractivity contribution in [2.75, 3.05) is 18.5 Å². The normalized spacial score (nSPS) is 15.0. The first-order chi connectivity index (χ1) is 7.12. The molecule has 0 rings (SSSR count). The van der Waals surface area contributed by atoms with Gasteiger partial charge in [0.15, 0.2) is 0 Å². The minimum atomic E-state index is -4.77. The van der Waals surface area contributed by atoms with Gasteiger partial charge in [0.25, 0.3) is 0 Å². The van der Waals surface area contributed by atoms with Crippen LogP contribution in [0.4, 0.5) is 0 Å². The number of rotatable bonds is 6. The Hall–Kier alpha value is 0.410. The largest absolute Gasteiger partial charge is 0.327 e. The molecule has 8 N–H and O–H groups in total. The summed E-state index contributed by atoms with van der Waals surface area (Å²) in [6, 6.07) is 0. The summed E-state index contributed by atoms with van der Waals surface area (Å²) in [4.78, 5) is 52.0. The fourth-order valence-electron chi connectivity index (χ4n) is 1.38. The molecule has 104 valence electrons. The van der Waals surface area contributed by atoms with Crippen molar-refractivity contribution in [1.82, 2.24) is 0 Å². The minimum absolute atomic E-state index is 1.23. The first-order valence-corrected chi connectivity index (χ1v) is 9.44. The molecule has 13 heteroatoms. The Labute approximate surface area is 96.3 Å². The number of hydrogen-bond donors (Lipinski definition) is 7. The van der Waals surface area contributed by atoms with Crippen molar-refractivity contribution in [2.45, 2.75) is 5.54 Å². The lowest BCUT2D eigenvalue weighted by molar-refractivity contribution is 0.333. The molecule has 0 aromatic heterocycles. The van der Waals surface area contributed by atoms with Gasteiger partial charge in [-0.25, -0.2) is 0 Å². The van der Waals surface area contributed by atoms with Gasteiger partial charge in [-0.2, -0.15) is 0 Å². The predicted molar refractivity (Wildman–Crippen MR) is 57.7 cm³/mol. The molecule has 0 aromatic carbocycles. The maximum atomic E-state index is 10.7. The van der Waals surface area contributed by atoms with Gasteiger partial charge in [-0.05, 0) is 0 Å². The van der Waals surface area contributed by atoms with Crippen molar-refractivity contribution in [3.63, 3.8) is 0 Å². The monoisotopic (exact) mass is 313 g/mol. The second-order valence-corrected chi connectivity index (χ2v) is 8.77. The SMILES string of the molecule is NC(CP(=O)(O)O)(CP(=O)(O)O)CP(=O)(O)O. The van der Waals surface area contributed by atoms with Crippen molar-refractivity contribution in [1.29, 1.82) is 0 Å². The van der Waals surface area contributed by atoms with Gasteiger partial charge < -0.3 is 35.1 Å². The first-order valence-electron chi connectivity index (χ1n) is 4.05. The molecular formula is C4H14NO9P3. The van der Waals surface area contributed by atoms with E-state index in [0.717, 1.165) is 0 Å². The fourth-order valence-corrected chi connectivity index (χ4v) is 5.04. The highest BCUT2D eigenvalue weighted by atomic mass is 31.2. The van der Waals surface area contributed by atoms with Crippen LogP contribution in [0.15, 0.2) is 0 Å². The van der Waals surface area contributed by atoms with Gasteiger partial charge in [0.2, 0.25) is 0 Å². The Morgan fingerprint density at radius 1 is 0.706 bits per heavy atom. The molecule has 0 aromatic rings. The summed E-state index contributed by atoms with van der Waals surface area (Å²) in [5, 5.41) is 0. The smallest absolute Gasteiger partial charge is 0.324 e. The third-order valence-electron chi connectivity index (χ3n) is 1.56. The topological polar surface area (TPSA) is 199 Å². The van der Waals surface area contributed by atoms with Gasteiger partial charge in [-0.15, -0.1) is 0 Å². The van der Waals surface area contributed by atoms with E-state index < -0.39 is 46.8 Å². The average molecular weight is 313 g/mol. The van der Waals surface area contributed by atoms with Crippen molar-refractivity contribution in [2.24, 2.45) is 5.73 Å². The van der Waals surface area contributed by atoms with Gasteiger partial charge in [0, 0.05) is 5.54 Å². The fraction of sp³-hybridized carbons (Fsp3) is 1.00.